The number of halogens is 1. The highest BCUT2D eigenvalue weighted by Gasteiger charge is 2.05. The van der Waals surface area contributed by atoms with Crippen LogP contribution in [-0.4, -0.2) is 10.2 Å². The summed E-state index contributed by atoms with van der Waals surface area (Å²) < 4.78 is 1.08. The Balaban J connectivity index is 1.82. The Bertz CT molecular complexity index is 662. The quantitative estimate of drug-likeness (QED) is 0.732. The molecule has 0 aliphatic heterocycles. The topological polar surface area (TPSA) is 28.7 Å². The third-order valence-electron chi connectivity index (χ3n) is 2.68. The van der Waals surface area contributed by atoms with E-state index in [4.69, 9.17) is 0 Å². The van der Waals surface area contributed by atoms with Gasteiger partial charge in [-0.25, -0.2) is 0 Å². The van der Waals surface area contributed by atoms with Crippen molar-refractivity contribution in [2.24, 2.45) is 0 Å². The molecule has 2 nitrogen and oxygen atoms in total. The van der Waals surface area contributed by atoms with E-state index in [1.807, 2.05) is 30.3 Å². The van der Waals surface area contributed by atoms with Gasteiger partial charge in [0, 0.05) is 9.37 Å². The van der Waals surface area contributed by atoms with Crippen LogP contribution in [0.4, 0.5) is 0 Å². The van der Waals surface area contributed by atoms with Crippen molar-refractivity contribution in [2.75, 3.05) is 0 Å². The fourth-order valence-corrected chi connectivity index (χ4v) is 2.81. The van der Waals surface area contributed by atoms with Crippen LogP contribution < -0.4 is 0 Å². The van der Waals surface area contributed by atoms with Gasteiger partial charge >= 0.3 is 0 Å². The van der Waals surface area contributed by atoms with E-state index in [0.717, 1.165) is 20.8 Å². The second kappa shape index (κ2) is 5.63. The van der Waals surface area contributed by atoms with E-state index in [0.29, 0.717) is 0 Å². The number of nitrogens with zero attached hydrogens (tertiary/aromatic N) is 1. The highest BCUT2D eigenvalue weighted by atomic mass is 79.9. The predicted octanol–water partition coefficient (Wildman–Crippen LogP) is 4.99. The SMILES string of the molecule is Brc1ccc(-c2cc(Sc3ccccc3)n[nH]2)cc1. The molecule has 0 saturated carbocycles. The van der Waals surface area contributed by atoms with E-state index in [2.05, 4.69) is 56.5 Å². The molecule has 0 amide bonds. The zero-order valence-electron chi connectivity index (χ0n) is 10.0. The first-order valence-corrected chi connectivity index (χ1v) is 7.46. The molecule has 3 rings (SSSR count). The summed E-state index contributed by atoms with van der Waals surface area (Å²) in [6.07, 6.45) is 0. The summed E-state index contributed by atoms with van der Waals surface area (Å²) in [5.74, 6) is 0. The molecule has 0 aliphatic rings. The Morgan fingerprint density at radius 2 is 1.68 bits per heavy atom. The Hall–Kier alpha value is -1.52. The first kappa shape index (κ1) is 12.5. The van der Waals surface area contributed by atoms with Crippen molar-refractivity contribution in [3.63, 3.8) is 0 Å². The predicted molar refractivity (Wildman–Crippen MR) is 82.3 cm³/mol. The van der Waals surface area contributed by atoms with E-state index < -0.39 is 0 Å². The standard InChI is InChI=1S/C15H11BrN2S/c16-12-8-6-11(7-9-12)14-10-15(18-17-14)19-13-4-2-1-3-5-13/h1-10H,(H,17,18). The van der Waals surface area contributed by atoms with Gasteiger partial charge in [0.15, 0.2) is 0 Å². The fraction of sp³-hybridized carbons (Fsp3) is 0. The summed E-state index contributed by atoms with van der Waals surface area (Å²) in [7, 11) is 0. The average molecular weight is 331 g/mol. The maximum absolute atomic E-state index is 4.34. The zero-order chi connectivity index (χ0) is 13.1. The van der Waals surface area contributed by atoms with Crippen LogP contribution in [0.5, 0.6) is 0 Å². The number of hydrogen-bond donors (Lipinski definition) is 1. The van der Waals surface area contributed by atoms with Gasteiger partial charge in [-0.15, -0.1) is 0 Å². The van der Waals surface area contributed by atoms with Gasteiger partial charge in [0.1, 0.15) is 5.03 Å². The highest BCUT2D eigenvalue weighted by molar-refractivity contribution is 9.10. The minimum absolute atomic E-state index is 0.976. The highest BCUT2D eigenvalue weighted by Crippen LogP contribution is 2.29. The normalized spacial score (nSPS) is 10.6. The first-order valence-electron chi connectivity index (χ1n) is 5.85. The van der Waals surface area contributed by atoms with Gasteiger partial charge in [-0.2, -0.15) is 5.10 Å². The van der Waals surface area contributed by atoms with Gasteiger partial charge in [-0.3, -0.25) is 5.10 Å². The number of nitrogens with one attached hydrogen (secondary N) is 1. The van der Waals surface area contributed by atoms with Crippen molar-refractivity contribution in [1.29, 1.82) is 0 Å². The van der Waals surface area contributed by atoms with E-state index in [1.54, 1.807) is 11.8 Å². The first-order chi connectivity index (χ1) is 9.31. The average Bonchev–Trinajstić information content (AvgIpc) is 2.89. The van der Waals surface area contributed by atoms with Gasteiger partial charge in [0.05, 0.1) is 5.69 Å². The molecule has 3 aromatic rings. The molecule has 4 heteroatoms. The lowest BCUT2D eigenvalue weighted by atomic mass is 10.2. The van der Waals surface area contributed by atoms with Crippen LogP contribution in [0.3, 0.4) is 0 Å². The third-order valence-corrected chi connectivity index (χ3v) is 4.13. The molecule has 0 saturated heterocycles. The molecule has 1 N–H and O–H groups in total. The monoisotopic (exact) mass is 330 g/mol. The Labute approximate surface area is 124 Å². The maximum Gasteiger partial charge on any atom is 0.123 e. The Morgan fingerprint density at radius 3 is 2.42 bits per heavy atom. The second-order valence-electron chi connectivity index (χ2n) is 4.04. The second-order valence-corrected chi connectivity index (χ2v) is 6.05. The lowest BCUT2D eigenvalue weighted by molar-refractivity contribution is 1.01. The molecular weight excluding hydrogens is 320 g/mol. The molecule has 0 aliphatic carbocycles. The largest absolute Gasteiger partial charge is 0.277 e. The molecule has 0 fully saturated rings. The number of hydrogen-bond acceptors (Lipinski definition) is 2. The fourth-order valence-electron chi connectivity index (χ4n) is 1.74. The molecule has 19 heavy (non-hydrogen) atoms. The maximum atomic E-state index is 4.34. The summed E-state index contributed by atoms with van der Waals surface area (Å²) in [6.45, 7) is 0. The van der Waals surface area contributed by atoms with Crippen LogP contribution in [0.15, 0.2) is 75.1 Å². The van der Waals surface area contributed by atoms with Crippen molar-refractivity contribution in [2.45, 2.75) is 9.92 Å². The number of benzene rings is 2. The summed E-state index contributed by atoms with van der Waals surface area (Å²) in [4.78, 5) is 1.19. The number of aromatic amines is 1. The van der Waals surface area contributed by atoms with Crippen molar-refractivity contribution < 1.29 is 0 Å². The summed E-state index contributed by atoms with van der Waals surface area (Å²) in [6, 6.07) is 20.5. The summed E-state index contributed by atoms with van der Waals surface area (Å²) in [5, 5.41) is 8.39. The van der Waals surface area contributed by atoms with Gasteiger partial charge in [-0.1, -0.05) is 58.0 Å². The van der Waals surface area contributed by atoms with Crippen LogP contribution in [0.25, 0.3) is 11.3 Å². The van der Waals surface area contributed by atoms with E-state index in [1.165, 1.54) is 4.90 Å². The smallest absolute Gasteiger partial charge is 0.123 e. The van der Waals surface area contributed by atoms with Crippen LogP contribution in [0.2, 0.25) is 0 Å². The minimum atomic E-state index is 0.976. The minimum Gasteiger partial charge on any atom is -0.277 e. The molecule has 0 radical (unpaired) electrons. The molecule has 0 bridgehead atoms. The number of rotatable bonds is 3. The lowest BCUT2D eigenvalue weighted by Gasteiger charge is -1.96. The molecule has 0 spiro atoms. The summed E-state index contributed by atoms with van der Waals surface area (Å²) in [5.41, 5.74) is 2.17. The zero-order valence-corrected chi connectivity index (χ0v) is 12.4. The molecule has 94 valence electrons. The van der Waals surface area contributed by atoms with E-state index in [-0.39, 0.29) is 0 Å². The number of aromatic nitrogens is 2. The molecule has 0 unspecified atom stereocenters. The Kier molecular flexibility index (Phi) is 3.71. The van der Waals surface area contributed by atoms with Crippen molar-refractivity contribution in [1.82, 2.24) is 10.2 Å². The van der Waals surface area contributed by atoms with Crippen molar-refractivity contribution >= 4 is 27.7 Å². The van der Waals surface area contributed by atoms with Crippen molar-refractivity contribution in [3.8, 4) is 11.3 Å². The van der Waals surface area contributed by atoms with Crippen LogP contribution in [0.1, 0.15) is 0 Å². The molecule has 1 heterocycles. The van der Waals surface area contributed by atoms with Crippen molar-refractivity contribution in [3.05, 3.63) is 65.1 Å². The number of H-pyrrole nitrogens is 1. The van der Waals surface area contributed by atoms with Crippen LogP contribution in [0, 0.1) is 0 Å². The third kappa shape index (κ3) is 3.08. The van der Waals surface area contributed by atoms with E-state index >= 15 is 0 Å². The molecule has 2 aromatic carbocycles. The lowest BCUT2D eigenvalue weighted by Crippen LogP contribution is -1.76. The Morgan fingerprint density at radius 1 is 0.947 bits per heavy atom. The van der Waals surface area contributed by atoms with Crippen LogP contribution >= 0.6 is 27.7 Å². The van der Waals surface area contributed by atoms with E-state index in [9.17, 15) is 0 Å². The molecule has 0 atom stereocenters. The van der Waals surface area contributed by atoms with Gasteiger partial charge < -0.3 is 0 Å². The van der Waals surface area contributed by atoms with Gasteiger partial charge in [0.25, 0.3) is 0 Å². The van der Waals surface area contributed by atoms with Crippen LogP contribution in [-0.2, 0) is 0 Å². The van der Waals surface area contributed by atoms with Gasteiger partial charge in [0.2, 0.25) is 0 Å². The van der Waals surface area contributed by atoms with Gasteiger partial charge in [-0.05, 0) is 35.9 Å². The molecule has 1 aromatic heterocycles. The molecular formula is C15H11BrN2S. The summed E-state index contributed by atoms with van der Waals surface area (Å²) >= 11 is 5.09.